The second-order valence-electron chi connectivity index (χ2n) is 4.19. The summed E-state index contributed by atoms with van der Waals surface area (Å²) < 4.78 is 1.25. The van der Waals surface area contributed by atoms with Crippen LogP contribution in [0.1, 0.15) is 23.6 Å². The summed E-state index contributed by atoms with van der Waals surface area (Å²) in [6, 6.07) is 19.1. The quantitative estimate of drug-likeness (QED) is 0.841. The first-order chi connectivity index (χ1) is 8.25. The van der Waals surface area contributed by atoms with Crippen molar-refractivity contribution < 1.29 is 0 Å². The van der Waals surface area contributed by atoms with E-state index in [9.17, 15) is 0 Å². The predicted molar refractivity (Wildman–Crippen MR) is 80.9 cm³/mol. The Morgan fingerprint density at radius 3 is 2.47 bits per heavy atom. The molecule has 2 aromatic rings. The van der Waals surface area contributed by atoms with Gasteiger partial charge in [0, 0.05) is 9.61 Å². The van der Waals surface area contributed by atoms with E-state index in [-0.39, 0.29) is 6.04 Å². The monoisotopic (exact) mass is 337 g/mol. The molecule has 0 aliphatic rings. The van der Waals surface area contributed by atoms with Gasteiger partial charge < -0.3 is 5.73 Å². The third kappa shape index (κ3) is 3.82. The molecular weight excluding hydrogens is 321 g/mol. The van der Waals surface area contributed by atoms with Crippen LogP contribution in [0, 0.1) is 3.57 Å². The summed E-state index contributed by atoms with van der Waals surface area (Å²) in [5.41, 5.74) is 8.79. The highest BCUT2D eigenvalue weighted by molar-refractivity contribution is 14.1. The van der Waals surface area contributed by atoms with Gasteiger partial charge >= 0.3 is 0 Å². The summed E-state index contributed by atoms with van der Waals surface area (Å²) in [6.07, 6.45) is 2.03. The molecule has 2 rings (SSSR count). The first-order valence-corrected chi connectivity index (χ1v) is 6.88. The lowest BCUT2D eigenvalue weighted by Gasteiger charge is -2.12. The van der Waals surface area contributed by atoms with Crippen LogP contribution in [-0.2, 0) is 6.42 Å². The first kappa shape index (κ1) is 12.6. The van der Waals surface area contributed by atoms with Crippen molar-refractivity contribution in [3.05, 3.63) is 69.3 Å². The summed E-state index contributed by atoms with van der Waals surface area (Å²) >= 11 is 2.32. The molecule has 1 nitrogen and oxygen atoms in total. The average molecular weight is 337 g/mol. The molecule has 0 aromatic heterocycles. The first-order valence-electron chi connectivity index (χ1n) is 5.80. The van der Waals surface area contributed by atoms with Gasteiger partial charge in [-0.2, -0.15) is 0 Å². The van der Waals surface area contributed by atoms with Crippen LogP contribution in [0.3, 0.4) is 0 Å². The van der Waals surface area contributed by atoms with Gasteiger partial charge in [0.05, 0.1) is 0 Å². The maximum Gasteiger partial charge on any atom is 0.0298 e. The maximum atomic E-state index is 6.21. The van der Waals surface area contributed by atoms with Gasteiger partial charge in [-0.05, 0) is 58.7 Å². The minimum absolute atomic E-state index is 0.130. The third-order valence-electron chi connectivity index (χ3n) is 2.86. The molecule has 0 spiro atoms. The Kier molecular flexibility index (Phi) is 4.57. The van der Waals surface area contributed by atoms with E-state index in [4.69, 9.17) is 5.73 Å². The largest absolute Gasteiger partial charge is 0.324 e. The van der Waals surface area contributed by atoms with Gasteiger partial charge in [-0.3, -0.25) is 0 Å². The molecule has 88 valence electrons. The summed E-state index contributed by atoms with van der Waals surface area (Å²) in [4.78, 5) is 0. The number of hydrogen-bond acceptors (Lipinski definition) is 1. The van der Waals surface area contributed by atoms with E-state index in [1.165, 1.54) is 14.7 Å². The fourth-order valence-electron chi connectivity index (χ4n) is 1.87. The van der Waals surface area contributed by atoms with Crippen molar-refractivity contribution in [2.45, 2.75) is 18.9 Å². The lowest BCUT2D eigenvalue weighted by atomic mass is 10.00. The molecule has 0 aliphatic carbocycles. The van der Waals surface area contributed by atoms with Crippen molar-refractivity contribution in [1.82, 2.24) is 0 Å². The van der Waals surface area contributed by atoms with E-state index >= 15 is 0 Å². The highest BCUT2D eigenvalue weighted by atomic mass is 127. The molecule has 0 fully saturated rings. The van der Waals surface area contributed by atoms with E-state index in [1.54, 1.807) is 0 Å². The summed E-state index contributed by atoms with van der Waals surface area (Å²) in [7, 11) is 0. The average Bonchev–Trinajstić information content (AvgIpc) is 2.37. The van der Waals surface area contributed by atoms with Gasteiger partial charge in [0.15, 0.2) is 0 Å². The fourth-order valence-corrected chi connectivity index (χ4v) is 2.44. The third-order valence-corrected chi connectivity index (χ3v) is 3.53. The van der Waals surface area contributed by atoms with E-state index in [0.29, 0.717) is 0 Å². The fraction of sp³-hybridized carbons (Fsp3) is 0.200. The number of aryl methyl sites for hydroxylation is 1. The predicted octanol–water partition coefficient (Wildman–Crippen LogP) is 3.92. The highest BCUT2D eigenvalue weighted by Gasteiger charge is 2.06. The molecule has 17 heavy (non-hydrogen) atoms. The SMILES string of the molecule is NC(CCc1ccccc1)c1cccc(I)c1. The second-order valence-corrected chi connectivity index (χ2v) is 5.43. The van der Waals surface area contributed by atoms with Crippen molar-refractivity contribution in [3.63, 3.8) is 0 Å². The molecule has 2 heteroatoms. The molecule has 0 aliphatic heterocycles. The van der Waals surface area contributed by atoms with Gasteiger partial charge in [-0.1, -0.05) is 42.5 Å². The minimum atomic E-state index is 0.130. The zero-order chi connectivity index (χ0) is 12.1. The topological polar surface area (TPSA) is 26.0 Å². The van der Waals surface area contributed by atoms with E-state index in [0.717, 1.165) is 12.8 Å². The van der Waals surface area contributed by atoms with Crippen LogP contribution in [0.15, 0.2) is 54.6 Å². The van der Waals surface area contributed by atoms with Crippen molar-refractivity contribution in [3.8, 4) is 0 Å². The van der Waals surface area contributed by atoms with E-state index in [2.05, 4.69) is 71.1 Å². The second kappa shape index (κ2) is 6.17. The van der Waals surface area contributed by atoms with Crippen LogP contribution in [-0.4, -0.2) is 0 Å². The van der Waals surface area contributed by atoms with Crippen LogP contribution in [0.25, 0.3) is 0 Å². The van der Waals surface area contributed by atoms with Gasteiger partial charge in [0.2, 0.25) is 0 Å². The van der Waals surface area contributed by atoms with Crippen molar-refractivity contribution in [1.29, 1.82) is 0 Å². The Labute approximate surface area is 116 Å². The Morgan fingerprint density at radius 1 is 1.00 bits per heavy atom. The Balaban J connectivity index is 1.96. The van der Waals surface area contributed by atoms with Crippen molar-refractivity contribution >= 4 is 22.6 Å². The zero-order valence-corrected chi connectivity index (χ0v) is 11.8. The van der Waals surface area contributed by atoms with E-state index < -0.39 is 0 Å². The maximum absolute atomic E-state index is 6.21. The highest BCUT2D eigenvalue weighted by Crippen LogP contribution is 2.18. The van der Waals surface area contributed by atoms with Crippen molar-refractivity contribution in [2.24, 2.45) is 5.73 Å². The number of rotatable bonds is 4. The van der Waals surface area contributed by atoms with E-state index in [1.807, 2.05) is 6.07 Å². The van der Waals surface area contributed by atoms with Gasteiger partial charge in [0.1, 0.15) is 0 Å². The molecular formula is C15H16IN. The smallest absolute Gasteiger partial charge is 0.0298 e. The van der Waals surface area contributed by atoms with Gasteiger partial charge in [-0.25, -0.2) is 0 Å². The Hall–Kier alpha value is -0.870. The van der Waals surface area contributed by atoms with Crippen LogP contribution >= 0.6 is 22.6 Å². The molecule has 2 aromatic carbocycles. The molecule has 0 saturated carbocycles. The Bertz CT molecular complexity index is 467. The number of benzene rings is 2. The van der Waals surface area contributed by atoms with Crippen LogP contribution in [0.4, 0.5) is 0 Å². The number of nitrogens with two attached hydrogens (primary N) is 1. The lowest BCUT2D eigenvalue weighted by molar-refractivity contribution is 0.651. The molecule has 0 heterocycles. The number of halogens is 1. The molecule has 2 N–H and O–H groups in total. The van der Waals surface area contributed by atoms with Crippen LogP contribution in [0.2, 0.25) is 0 Å². The standard InChI is InChI=1S/C15H16IN/c16-14-8-4-7-13(11-14)15(17)10-9-12-5-2-1-3-6-12/h1-8,11,15H,9-10,17H2. The van der Waals surface area contributed by atoms with Crippen LogP contribution < -0.4 is 5.73 Å². The van der Waals surface area contributed by atoms with Gasteiger partial charge in [-0.15, -0.1) is 0 Å². The summed E-state index contributed by atoms with van der Waals surface area (Å²) in [5, 5.41) is 0. The minimum Gasteiger partial charge on any atom is -0.324 e. The Morgan fingerprint density at radius 2 is 1.76 bits per heavy atom. The summed E-state index contributed by atoms with van der Waals surface area (Å²) in [6.45, 7) is 0. The normalized spacial score (nSPS) is 12.4. The molecule has 0 saturated heterocycles. The molecule has 1 unspecified atom stereocenters. The van der Waals surface area contributed by atoms with Crippen molar-refractivity contribution in [2.75, 3.05) is 0 Å². The van der Waals surface area contributed by atoms with Crippen LogP contribution in [0.5, 0.6) is 0 Å². The zero-order valence-electron chi connectivity index (χ0n) is 9.64. The molecule has 0 radical (unpaired) electrons. The molecule has 0 amide bonds. The number of hydrogen-bond donors (Lipinski definition) is 1. The molecule has 1 atom stereocenters. The lowest BCUT2D eigenvalue weighted by Crippen LogP contribution is -2.11. The molecule has 0 bridgehead atoms. The van der Waals surface area contributed by atoms with Gasteiger partial charge in [0.25, 0.3) is 0 Å². The summed E-state index contributed by atoms with van der Waals surface area (Å²) in [5.74, 6) is 0.